The van der Waals surface area contributed by atoms with Crippen LogP contribution in [0.2, 0.25) is 0 Å². The second-order valence-electron chi connectivity index (χ2n) is 6.45. The Kier molecular flexibility index (Phi) is 4.44. The predicted molar refractivity (Wildman–Crippen MR) is 103 cm³/mol. The van der Waals surface area contributed by atoms with E-state index in [-0.39, 0.29) is 0 Å². The monoisotopic (exact) mass is 330 g/mol. The van der Waals surface area contributed by atoms with Crippen LogP contribution in [0.5, 0.6) is 0 Å². The standard InChI is InChI=1S/C21H22N4/c1-24-13-15-25(16-14-24)23-20(18-8-3-2-4-9-18)21-19-10-6-5-7-17(19)11-12-22-21/h2-12H,13-16H2,1H3. The molecule has 4 nitrogen and oxygen atoms in total. The first-order chi connectivity index (χ1) is 12.3. The van der Waals surface area contributed by atoms with E-state index in [0.29, 0.717) is 0 Å². The smallest absolute Gasteiger partial charge is 0.117 e. The normalized spacial score (nSPS) is 16.4. The minimum atomic E-state index is 0.942. The second-order valence-corrected chi connectivity index (χ2v) is 6.45. The highest BCUT2D eigenvalue weighted by Crippen LogP contribution is 2.20. The predicted octanol–water partition coefficient (Wildman–Crippen LogP) is 3.23. The molecule has 1 aliphatic heterocycles. The third kappa shape index (κ3) is 3.39. The molecule has 1 aromatic heterocycles. The van der Waals surface area contributed by atoms with Crippen molar-refractivity contribution in [2.75, 3.05) is 33.2 Å². The van der Waals surface area contributed by atoms with Crippen molar-refractivity contribution in [1.29, 1.82) is 0 Å². The lowest BCUT2D eigenvalue weighted by atomic mass is 10.0. The van der Waals surface area contributed by atoms with Gasteiger partial charge in [0, 0.05) is 43.3 Å². The molecule has 0 N–H and O–H groups in total. The van der Waals surface area contributed by atoms with Gasteiger partial charge in [0.1, 0.15) is 5.71 Å². The largest absolute Gasteiger partial charge is 0.303 e. The number of nitrogens with zero attached hydrogens (tertiary/aromatic N) is 4. The summed E-state index contributed by atoms with van der Waals surface area (Å²) in [7, 11) is 2.16. The van der Waals surface area contributed by atoms with Crippen molar-refractivity contribution < 1.29 is 0 Å². The minimum absolute atomic E-state index is 0.942. The molecular formula is C21H22N4. The lowest BCUT2D eigenvalue weighted by Gasteiger charge is -2.31. The van der Waals surface area contributed by atoms with Crippen LogP contribution in [0.25, 0.3) is 10.8 Å². The fourth-order valence-electron chi connectivity index (χ4n) is 3.18. The Balaban J connectivity index is 1.83. The van der Waals surface area contributed by atoms with Gasteiger partial charge < -0.3 is 4.90 Å². The van der Waals surface area contributed by atoms with E-state index in [2.05, 4.69) is 71.6 Å². The number of hydrogen-bond donors (Lipinski definition) is 0. The number of piperazine rings is 1. The van der Waals surface area contributed by atoms with E-state index >= 15 is 0 Å². The quantitative estimate of drug-likeness (QED) is 0.691. The summed E-state index contributed by atoms with van der Waals surface area (Å²) < 4.78 is 0. The highest BCUT2D eigenvalue weighted by Gasteiger charge is 2.17. The molecule has 4 rings (SSSR count). The number of fused-ring (bicyclic) bond motifs is 1. The molecule has 0 bridgehead atoms. The number of aromatic nitrogens is 1. The molecule has 25 heavy (non-hydrogen) atoms. The third-order valence-corrected chi connectivity index (χ3v) is 4.67. The molecule has 0 amide bonds. The number of benzene rings is 2. The van der Waals surface area contributed by atoms with Crippen molar-refractivity contribution in [2.24, 2.45) is 5.10 Å². The Morgan fingerprint density at radius 3 is 2.40 bits per heavy atom. The average molecular weight is 330 g/mol. The van der Waals surface area contributed by atoms with E-state index in [1.165, 1.54) is 5.39 Å². The molecule has 1 fully saturated rings. The number of hydrogen-bond acceptors (Lipinski definition) is 4. The Bertz CT molecular complexity index is 875. The maximum absolute atomic E-state index is 5.02. The zero-order valence-electron chi connectivity index (χ0n) is 14.5. The van der Waals surface area contributed by atoms with Crippen LogP contribution in [0.15, 0.2) is 72.0 Å². The lowest BCUT2D eigenvalue weighted by Crippen LogP contribution is -2.42. The first kappa shape index (κ1) is 15.8. The lowest BCUT2D eigenvalue weighted by molar-refractivity contribution is 0.159. The van der Waals surface area contributed by atoms with E-state index in [4.69, 9.17) is 10.1 Å². The van der Waals surface area contributed by atoms with Gasteiger partial charge in [-0.2, -0.15) is 5.10 Å². The van der Waals surface area contributed by atoms with Gasteiger partial charge in [0.2, 0.25) is 0 Å². The summed E-state index contributed by atoms with van der Waals surface area (Å²) in [5.74, 6) is 0. The van der Waals surface area contributed by atoms with E-state index in [0.717, 1.165) is 48.5 Å². The molecule has 4 heteroatoms. The minimum Gasteiger partial charge on any atom is -0.303 e. The summed E-state index contributed by atoms with van der Waals surface area (Å²) in [6.45, 7) is 3.96. The molecule has 0 radical (unpaired) electrons. The van der Waals surface area contributed by atoms with Gasteiger partial charge in [-0.25, -0.2) is 0 Å². The van der Waals surface area contributed by atoms with Gasteiger partial charge in [0.25, 0.3) is 0 Å². The van der Waals surface area contributed by atoms with E-state index < -0.39 is 0 Å². The van der Waals surface area contributed by atoms with Crippen LogP contribution in [0, 0.1) is 0 Å². The summed E-state index contributed by atoms with van der Waals surface area (Å²) in [5.41, 5.74) is 3.00. The second kappa shape index (κ2) is 7.03. The van der Waals surface area contributed by atoms with Gasteiger partial charge in [-0.05, 0) is 18.5 Å². The topological polar surface area (TPSA) is 31.7 Å². The summed E-state index contributed by atoms with van der Waals surface area (Å²) in [6, 6.07) is 20.8. The van der Waals surface area contributed by atoms with Crippen molar-refractivity contribution in [2.45, 2.75) is 0 Å². The average Bonchev–Trinajstić information content (AvgIpc) is 2.68. The van der Waals surface area contributed by atoms with Crippen LogP contribution in [0.4, 0.5) is 0 Å². The first-order valence-corrected chi connectivity index (χ1v) is 8.73. The highest BCUT2D eigenvalue weighted by atomic mass is 15.5. The highest BCUT2D eigenvalue weighted by molar-refractivity contribution is 6.17. The molecule has 1 aliphatic rings. The maximum Gasteiger partial charge on any atom is 0.117 e. The molecule has 0 atom stereocenters. The third-order valence-electron chi connectivity index (χ3n) is 4.67. The van der Waals surface area contributed by atoms with Crippen LogP contribution >= 0.6 is 0 Å². The van der Waals surface area contributed by atoms with E-state index in [1.54, 1.807) is 0 Å². The summed E-state index contributed by atoms with van der Waals surface area (Å²) >= 11 is 0. The van der Waals surface area contributed by atoms with Gasteiger partial charge in [-0.3, -0.25) is 9.99 Å². The number of likely N-dealkylation sites (N-methyl/N-ethyl adjacent to an activating group) is 1. The van der Waals surface area contributed by atoms with Crippen molar-refractivity contribution in [3.8, 4) is 0 Å². The van der Waals surface area contributed by atoms with Crippen LogP contribution in [0.3, 0.4) is 0 Å². The van der Waals surface area contributed by atoms with Gasteiger partial charge in [-0.1, -0.05) is 54.6 Å². The van der Waals surface area contributed by atoms with Crippen LogP contribution < -0.4 is 0 Å². The molecule has 0 aliphatic carbocycles. The summed E-state index contributed by atoms with van der Waals surface area (Å²) in [6.07, 6.45) is 1.88. The van der Waals surface area contributed by atoms with E-state index in [1.807, 2.05) is 12.3 Å². The van der Waals surface area contributed by atoms with Crippen molar-refractivity contribution in [1.82, 2.24) is 14.9 Å². The molecule has 0 saturated carbocycles. The number of pyridine rings is 1. The zero-order valence-corrected chi connectivity index (χ0v) is 14.5. The van der Waals surface area contributed by atoms with Crippen molar-refractivity contribution in [3.63, 3.8) is 0 Å². The first-order valence-electron chi connectivity index (χ1n) is 8.73. The molecule has 3 aromatic rings. The Morgan fingerprint density at radius 1 is 0.880 bits per heavy atom. The summed E-state index contributed by atoms with van der Waals surface area (Å²) in [5, 5.41) is 9.52. The van der Waals surface area contributed by atoms with Crippen molar-refractivity contribution >= 4 is 16.5 Å². The SMILES string of the molecule is CN1CCN(N=C(c2ccccc2)c2nccc3ccccc23)CC1. The van der Waals surface area contributed by atoms with Gasteiger partial charge in [0.15, 0.2) is 0 Å². The Morgan fingerprint density at radius 2 is 1.60 bits per heavy atom. The molecular weight excluding hydrogens is 308 g/mol. The van der Waals surface area contributed by atoms with Gasteiger partial charge >= 0.3 is 0 Å². The Labute approximate surface area is 148 Å². The zero-order chi connectivity index (χ0) is 17.1. The molecule has 2 aromatic carbocycles. The van der Waals surface area contributed by atoms with Crippen LogP contribution in [0.1, 0.15) is 11.3 Å². The van der Waals surface area contributed by atoms with Gasteiger partial charge in [-0.15, -0.1) is 0 Å². The molecule has 0 spiro atoms. The fraction of sp³-hybridized carbons (Fsp3) is 0.238. The number of rotatable bonds is 3. The number of hydrazone groups is 1. The van der Waals surface area contributed by atoms with Crippen LogP contribution in [-0.4, -0.2) is 53.8 Å². The molecule has 126 valence electrons. The van der Waals surface area contributed by atoms with Gasteiger partial charge in [0.05, 0.1) is 5.69 Å². The fourth-order valence-corrected chi connectivity index (χ4v) is 3.18. The molecule has 2 heterocycles. The summed E-state index contributed by atoms with van der Waals surface area (Å²) in [4.78, 5) is 7.03. The molecule has 0 unspecified atom stereocenters. The van der Waals surface area contributed by atoms with E-state index in [9.17, 15) is 0 Å². The van der Waals surface area contributed by atoms with Crippen molar-refractivity contribution in [3.05, 3.63) is 78.1 Å². The van der Waals surface area contributed by atoms with Crippen LogP contribution in [-0.2, 0) is 0 Å². The maximum atomic E-state index is 5.02. The molecule has 1 saturated heterocycles. The Hall–Kier alpha value is -2.72.